The SMILES string of the molecule is CCOCOc1cc2c(c(OCOCC)c1)C(=O)O[C@H](C)C/C=C/[C@@H](NC(=O)CCl)C/C=C/C(=N)C2. The molecule has 36 heavy (non-hydrogen) atoms. The fourth-order valence-electron chi connectivity index (χ4n) is 3.37. The van der Waals surface area contributed by atoms with E-state index in [1.807, 2.05) is 26.0 Å². The molecule has 0 fully saturated rings. The van der Waals surface area contributed by atoms with Gasteiger partial charge >= 0.3 is 5.97 Å². The van der Waals surface area contributed by atoms with Crippen molar-refractivity contribution in [2.75, 3.05) is 32.7 Å². The summed E-state index contributed by atoms with van der Waals surface area (Å²) in [6.45, 7) is 6.37. The minimum Gasteiger partial charge on any atom is -0.467 e. The number of cyclic esters (lactones) is 1. The average Bonchev–Trinajstić information content (AvgIpc) is 2.83. The first-order valence-electron chi connectivity index (χ1n) is 11.9. The molecule has 0 spiro atoms. The summed E-state index contributed by atoms with van der Waals surface area (Å²) in [5.41, 5.74) is 0.983. The molecule has 2 atom stereocenters. The maximum absolute atomic E-state index is 13.3. The first kappa shape index (κ1) is 29.4. The number of alkyl halides is 1. The van der Waals surface area contributed by atoms with E-state index in [1.165, 1.54) is 0 Å². The Morgan fingerprint density at radius 3 is 2.56 bits per heavy atom. The molecule has 0 saturated carbocycles. The number of carbonyl (C=O) groups excluding carboxylic acids is 2. The van der Waals surface area contributed by atoms with Crippen molar-refractivity contribution in [3.8, 4) is 11.5 Å². The van der Waals surface area contributed by atoms with E-state index < -0.39 is 12.1 Å². The van der Waals surface area contributed by atoms with Gasteiger partial charge in [-0.3, -0.25) is 4.79 Å². The summed E-state index contributed by atoms with van der Waals surface area (Å²) in [7, 11) is 0. The van der Waals surface area contributed by atoms with Gasteiger partial charge in [-0.05, 0) is 44.9 Å². The number of amides is 1. The molecule has 1 aliphatic heterocycles. The topological polar surface area (TPSA) is 116 Å². The van der Waals surface area contributed by atoms with Gasteiger partial charge in [-0.15, -0.1) is 11.6 Å². The molecule has 1 heterocycles. The van der Waals surface area contributed by atoms with Crippen molar-refractivity contribution in [3.63, 3.8) is 0 Å². The zero-order chi connectivity index (χ0) is 26.3. The quantitative estimate of drug-likeness (QED) is 0.156. The van der Waals surface area contributed by atoms with Crippen LogP contribution < -0.4 is 14.8 Å². The van der Waals surface area contributed by atoms with E-state index in [4.69, 9.17) is 40.7 Å². The standard InChI is InChI=1S/C26H35ClN2O7/c1-4-32-16-34-22-13-19-12-20(28)9-7-11-21(29-24(30)15-27)10-6-8-18(3)36-26(31)25(19)23(14-22)35-17-33-5-2/h6-7,9-10,13-14,18,21,28H,4-5,8,11-12,15-17H2,1-3H3,(H,29,30)/b9-7+,10-6+,28-20?/t18-,21-/m1/s1. The van der Waals surface area contributed by atoms with Crippen molar-refractivity contribution in [2.45, 2.75) is 52.2 Å². The Morgan fingerprint density at radius 2 is 1.86 bits per heavy atom. The van der Waals surface area contributed by atoms with Crippen LogP contribution in [0.3, 0.4) is 0 Å². The lowest BCUT2D eigenvalue weighted by atomic mass is 9.99. The second-order valence-corrected chi connectivity index (χ2v) is 8.26. The second-order valence-electron chi connectivity index (χ2n) is 7.99. The van der Waals surface area contributed by atoms with Crippen LogP contribution in [0.25, 0.3) is 0 Å². The molecule has 10 heteroatoms. The van der Waals surface area contributed by atoms with Gasteiger partial charge in [-0.2, -0.15) is 0 Å². The van der Waals surface area contributed by atoms with Gasteiger partial charge in [0.25, 0.3) is 0 Å². The number of hydrogen-bond donors (Lipinski definition) is 2. The molecule has 0 saturated heterocycles. The number of rotatable bonds is 10. The van der Waals surface area contributed by atoms with E-state index in [-0.39, 0.29) is 54.9 Å². The van der Waals surface area contributed by atoms with Crippen molar-refractivity contribution >= 4 is 29.2 Å². The predicted molar refractivity (Wildman–Crippen MR) is 137 cm³/mol. The number of allylic oxidation sites excluding steroid dienone is 1. The minimum atomic E-state index is -0.574. The summed E-state index contributed by atoms with van der Waals surface area (Å²) >= 11 is 5.62. The second kappa shape index (κ2) is 16.0. The third-order valence-corrected chi connectivity index (χ3v) is 5.32. The third kappa shape index (κ3) is 10.0. The highest BCUT2D eigenvalue weighted by Crippen LogP contribution is 2.31. The highest BCUT2D eigenvalue weighted by atomic mass is 35.5. The smallest absolute Gasteiger partial charge is 0.342 e. The van der Waals surface area contributed by atoms with Gasteiger partial charge in [0.05, 0.1) is 6.04 Å². The number of hydrogen-bond acceptors (Lipinski definition) is 8. The van der Waals surface area contributed by atoms with Crippen molar-refractivity contribution in [2.24, 2.45) is 0 Å². The summed E-state index contributed by atoms with van der Waals surface area (Å²) in [5, 5.41) is 11.3. The lowest BCUT2D eigenvalue weighted by Crippen LogP contribution is -2.34. The van der Waals surface area contributed by atoms with E-state index in [2.05, 4.69) is 5.32 Å². The zero-order valence-electron chi connectivity index (χ0n) is 21.0. The Balaban J connectivity index is 2.43. The number of esters is 1. The monoisotopic (exact) mass is 522 g/mol. The molecule has 0 bridgehead atoms. The van der Waals surface area contributed by atoms with Crippen LogP contribution in [0.4, 0.5) is 0 Å². The molecule has 1 aromatic carbocycles. The van der Waals surface area contributed by atoms with Gasteiger partial charge in [0, 0.05) is 37.8 Å². The van der Waals surface area contributed by atoms with Crippen LogP contribution >= 0.6 is 11.6 Å². The fourth-order valence-corrected chi connectivity index (χ4v) is 3.45. The summed E-state index contributed by atoms with van der Waals surface area (Å²) in [4.78, 5) is 25.0. The van der Waals surface area contributed by atoms with E-state index >= 15 is 0 Å². The Bertz CT molecular complexity index is 948. The number of benzene rings is 1. The van der Waals surface area contributed by atoms with E-state index in [0.29, 0.717) is 37.4 Å². The molecular weight excluding hydrogens is 488 g/mol. The molecule has 2 rings (SSSR count). The van der Waals surface area contributed by atoms with Gasteiger partial charge in [0.1, 0.15) is 29.0 Å². The largest absolute Gasteiger partial charge is 0.467 e. The van der Waals surface area contributed by atoms with Crippen molar-refractivity contribution in [1.82, 2.24) is 5.32 Å². The molecule has 2 N–H and O–H groups in total. The van der Waals surface area contributed by atoms with Crippen LogP contribution in [0.5, 0.6) is 11.5 Å². The molecule has 1 aromatic rings. The predicted octanol–water partition coefficient (Wildman–Crippen LogP) is 4.17. The van der Waals surface area contributed by atoms with Crippen molar-refractivity contribution < 1.29 is 33.3 Å². The normalized spacial score (nSPS) is 20.4. The Labute approximate surface area is 217 Å². The van der Waals surface area contributed by atoms with Gasteiger partial charge in [-0.1, -0.05) is 18.2 Å². The lowest BCUT2D eigenvalue weighted by Gasteiger charge is -2.19. The van der Waals surface area contributed by atoms with Crippen LogP contribution in [0.1, 0.15) is 49.5 Å². The molecular formula is C26H35ClN2O7. The third-order valence-electron chi connectivity index (χ3n) is 5.08. The molecule has 9 nitrogen and oxygen atoms in total. The van der Waals surface area contributed by atoms with Gasteiger partial charge < -0.3 is 34.4 Å². The van der Waals surface area contributed by atoms with Crippen LogP contribution in [-0.2, 0) is 25.4 Å². The zero-order valence-corrected chi connectivity index (χ0v) is 21.8. The molecule has 1 aliphatic rings. The van der Waals surface area contributed by atoms with Crippen LogP contribution in [0.15, 0.2) is 36.4 Å². The molecule has 0 radical (unpaired) electrons. The van der Waals surface area contributed by atoms with Crippen LogP contribution in [0, 0.1) is 5.41 Å². The molecule has 0 aliphatic carbocycles. The summed E-state index contributed by atoms with van der Waals surface area (Å²) < 4.78 is 27.7. The van der Waals surface area contributed by atoms with E-state index in [0.717, 1.165) is 0 Å². The Morgan fingerprint density at radius 1 is 1.14 bits per heavy atom. The van der Waals surface area contributed by atoms with Crippen LogP contribution in [0.2, 0.25) is 0 Å². The average molecular weight is 523 g/mol. The summed E-state index contributed by atoms with van der Waals surface area (Å²) in [6, 6.07) is 2.98. The highest BCUT2D eigenvalue weighted by molar-refractivity contribution is 6.27. The minimum absolute atomic E-state index is 0.0285. The lowest BCUT2D eigenvalue weighted by molar-refractivity contribution is -0.119. The van der Waals surface area contributed by atoms with Crippen molar-refractivity contribution in [1.29, 1.82) is 5.41 Å². The Kier molecular flexibility index (Phi) is 13.0. The number of fused-ring (bicyclic) bond motifs is 1. The van der Waals surface area contributed by atoms with Crippen molar-refractivity contribution in [3.05, 3.63) is 47.6 Å². The molecule has 0 aromatic heterocycles. The van der Waals surface area contributed by atoms with E-state index in [1.54, 1.807) is 31.2 Å². The molecule has 1 amide bonds. The number of halogens is 1. The Hall–Kier alpha value is -2.88. The van der Waals surface area contributed by atoms with Gasteiger partial charge in [0.2, 0.25) is 5.91 Å². The van der Waals surface area contributed by atoms with Gasteiger partial charge in [-0.25, -0.2) is 4.79 Å². The summed E-state index contributed by atoms with van der Waals surface area (Å²) in [5.74, 6) is -0.332. The number of carbonyl (C=O) groups is 2. The maximum Gasteiger partial charge on any atom is 0.342 e. The first-order chi connectivity index (χ1) is 17.4. The fraction of sp³-hybridized carbons (Fsp3) is 0.500. The molecule has 0 unspecified atom stereocenters. The molecule has 198 valence electrons. The summed E-state index contributed by atoms with van der Waals surface area (Å²) in [6.07, 6.45) is 7.73. The number of ether oxygens (including phenoxy) is 5. The maximum atomic E-state index is 13.3. The highest BCUT2D eigenvalue weighted by Gasteiger charge is 2.24. The van der Waals surface area contributed by atoms with Crippen LogP contribution in [-0.4, -0.2) is 62.4 Å². The van der Waals surface area contributed by atoms with E-state index in [9.17, 15) is 9.59 Å². The van der Waals surface area contributed by atoms with Gasteiger partial charge in [0.15, 0.2) is 13.6 Å². The first-order valence-corrected chi connectivity index (χ1v) is 12.5. The number of nitrogens with one attached hydrogen (secondary N) is 2.